The van der Waals surface area contributed by atoms with E-state index >= 15 is 0 Å². The minimum absolute atomic E-state index is 0.0588. The van der Waals surface area contributed by atoms with Crippen molar-refractivity contribution in [1.82, 2.24) is 4.98 Å². The Morgan fingerprint density at radius 1 is 1.35 bits per heavy atom. The maximum absolute atomic E-state index is 10.7. The third-order valence-corrected chi connectivity index (χ3v) is 2.24. The second-order valence-corrected chi connectivity index (χ2v) is 3.38. The molecule has 0 radical (unpaired) electrons. The molecule has 0 saturated heterocycles. The molecule has 0 unspecified atom stereocenters. The number of carbonyl (C=O) groups is 1. The Balaban J connectivity index is 2.39. The van der Waals surface area contributed by atoms with E-state index in [1.807, 2.05) is 0 Å². The van der Waals surface area contributed by atoms with Gasteiger partial charge in [0.15, 0.2) is 0 Å². The Morgan fingerprint density at radius 2 is 2.00 bits per heavy atom. The van der Waals surface area contributed by atoms with Gasteiger partial charge in [-0.3, -0.25) is 0 Å². The normalized spacial score (nSPS) is 10.4. The number of carboxylic acid groups (broad SMARTS) is 1. The van der Waals surface area contributed by atoms with Crippen LogP contribution in [0.15, 0.2) is 28.7 Å². The zero-order valence-corrected chi connectivity index (χ0v) is 8.75. The number of aromatic nitrogens is 1. The average Bonchev–Trinajstić information content (AvgIpc) is 2.71. The van der Waals surface area contributed by atoms with Gasteiger partial charge in [-0.1, -0.05) is 12.1 Å². The fourth-order valence-corrected chi connectivity index (χ4v) is 1.36. The largest absolute Gasteiger partial charge is 0.490 e. The van der Waals surface area contributed by atoms with Crippen LogP contribution in [0.5, 0.6) is 5.88 Å². The summed E-state index contributed by atoms with van der Waals surface area (Å²) in [5.74, 6) is -2.50. The predicted octanol–water partition coefficient (Wildman–Crippen LogP) is 1.20. The highest BCUT2D eigenvalue weighted by molar-refractivity contribution is 5.87. The van der Waals surface area contributed by atoms with Gasteiger partial charge in [0.1, 0.15) is 0 Å². The summed E-state index contributed by atoms with van der Waals surface area (Å²) in [6.45, 7) is 0.414. The van der Waals surface area contributed by atoms with Gasteiger partial charge in [0.05, 0.1) is 0 Å². The Bertz CT molecular complexity index is 545. The smallest absolute Gasteiger partial charge is 0.377 e. The van der Waals surface area contributed by atoms with Gasteiger partial charge in [0.2, 0.25) is 5.89 Å². The maximum Gasteiger partial charge on any atom is 0.377 e. The van der Waals surface area contributed by atoms with Crippen LogP contribution in [0.4, 0.5) is 0 Å². The molecule has 2 rings (SSSR count). The molecule has 0 fully saturated rings. The molecule has 0 saturated carbocycles. The van der Waals surface area contributed by atoms with E-state index < -0.39 is 17.6 Å². The first-order valence-electron chi connectivity index (χ1n) is 4.84. The Hall–Kier alpha value is -2.34. The number of hydrogen-bond acceptors (Lipinski definition) is 5. The summed E-state index contributed by atoms with van der Waals surface area (Å²) in [7, 11) is 0. The first-order valence-corrected chi connectivity index (χ1v) is 4.84. The van der Waals surface area contributed by atoms with Gasteiger partial charge in [0, 0.05) is 12.1 Å². The van der Waals surface area contributed by atoms with E-state index in [0.29, 0.717) is 12.1 Å². The summed E-state index contributed by atoms with van der Waals surface area (Å²) in [4.78, 5) is 14.3. The minimum Gasteiger partial charge on any atom is -0.490 e. The van der Waals surface area contributed by atoms with Gasteiger partial charge in [0.25, 0.3) is 11.6 Å². The molecule has 88 valence electrons. The second-order valence-electron chi connectivity index (χ2n) is 3.38. The quantitative estimate of drug-likeness (QED) is 0.736. The van der Waals surface area contributed by atoms with Crippen LogP contribution >= 0.6 is 0 Å². The van der Waals surface area contributed by atoms with E-state index in [4.69, 9.17) is 15.3 Å². The summed E-state index contributed by atoms with van der Waals surface area (Å²) in [6.07, 6.45) is 0. The van der Waals surface area contributed by atoms with Crippen LogP contribution in [0.25, 0.3) is 11.5 Å². The van der Waals surface area contributed by atoms with E-state index in [0.717, 1.165) is 5.56 Å². The van der Waals surface area contributed by atoms with Gasteiger partial charge >= 0.3 is 5.97 Å². The third-order valence-electron chi connectivity index (χ3n) is 2.24. The fourth-order valence-electron chi connectivity index (χ4n) is 1.36. The first-order chi connectivity index (χ1) is 8.11. The molecule has 0 aliphatic heterocycles. The maximum atomic E-state index is 10.7. The molecule has 1 heterocycles. The molecule has 17 heavy (non-hydrogen) atoms. The summed E-state index contributed by atoms with van der Waals surface area (Å²) in [5.41, 5.74) is 6.96. The summed E-state index contributed by atoms with van der Waals surface area (Å²) in [5, 5.41) is 18.0. The number of nitrogens with two attached hydrogens (primary N) is 1. The molecular weight excluding hydrogens is 224 g/mol. The van der Waals surface area contributed by atoms with Gasteiger partial charge < -0.3 is 20.4 Å². The van der Waals surface area contributed by atoms with Gasteiger partial charge in [-0.15, -0.1) is 0 Å². The van der Waals surface area contributed by atoms with Crippen molar-refractivity contribution in [2.45, 2.75) is 6.54 Å². The lowest BCUT2D eigenvalue weighted by atomic mass is 10.1. The Labute approximate surface area is 96.3 Å². The molecule has 4 N–H and O–H groups in total. The van der Waals surface area contributed by atoms with Crippen LogP contribution in [0, 0.1) is 0 Å². The highest BCUT2D eigenvalue weighted by Crippen LogP contribution is 2.25. The van der Waals surface area contributed by atoms with Crippen LogP contribution in [-0.4, -0.2) is 21.2 Å². The number of aromatic carboxylic acids is 1. The van der Waals surface area contributed by atoms with E-state index in [-0.39, 0.29) is 5.89 Å². The van der Waals surface area contributed by atoms with Crippen LogP contribution in [-0.2, 0) is 6.54 Å². The van der Waals surface area contributed by atoms with Crippen LogP contribution in [0.3, 0.4) is 0 Å². The molecular formula is C11H10N2O4. The van der Waals surface area contributed by atoms with Crippen molar-refractivity contribution >= 4 is 5.97 Å². The standard InChI is InChI=1S/C11H10N2O4/c12-5-6-1-3-7(4-2-6)10-13-9(14)8(17-10)11(15)16/h1-4,14H,5,12H2,(H,15,16). The van der Waals surface area contributed by atoms with Gasteiger partial charge in [-0.05, 0) is 17.7 Å². The lowest BCUT2D eigenvalue weighted by Crippen LogP contribution is -1.95. The number of carboxylic acids is 1. The minimum atomic E-state index is -1.36. The van der Waals surface area contributed by atoms with Crippen molar-refractivity contribution in [3.63, 3.8) is 0 Å². The predicted molar refractivity (Wildman–Crippen MR) is 58.5 cm³/mol. The van der Waals surface area contributed by atoms with E-state index in [9.17, 15) is 9.90 Å². The SMILES string of the molecule is NCc1ccc(-c2nc(O)c(C(=O)O)o2)cc1. The van der Waals surface area contributed by atoms with E-state index in [2.05, 4.69) is 4.98 Å². The summed E-state index contributed by atoms with van der Waals surface area (Å²) >= 11 is 0. The molecule has 1 aromatic heterocycles. The first kappa shape index (κ1) is 11.2. The molecule has 0 amide bonds. The molecule has 6 nitrogen and oxygen atoms in total. The zero-order chi connectivity index (χ0) is 12.4. The molecule has 0 atom stereocenters. The molecule has 0 spiro atoms. The summed E-state index contributed by atoms with van der Waals surface area (Å²) < 4.78 is 4.94. The lowest BCUT2D eigenvalue weighted by Gasteiger charge is -1.97. The number of nitrogens with zero attached hydrogens (tertiary/aromatic N) is 1. The van der Waals surface area contributed by atoms with Crippen molar-refractivity contribution in [3.05, 3.63) is 35.6 Å². The number of benzene rings is 1. The van der Waals surface area contributed by atoms with Crippen molar-refractivity contribution in [1.29, 1.82) is 0 Å². The van der Waals surface area contributed by atoms with Crippen molar-refractivity contribution in [2.75, 3.05) is 0 Å². The number of hydrogen-bond donors (Lipinski definition) is 3. The summed E-state index contributed by atoms with van der Waals surface area (Å²) in [6, 6.07) is 6.94. The molecule has 0 bridgehead atoms. The molecule has 0 aliphatic carbocycles. The van der Waals surface area contributed by atoms with E-state index in [1.54, 1.807) is 24.3 Å². The van der Waals surface area contributed by atoms with Gasteiger partial charge in [-0.25, -0.2) is 4.79 Å². The molecule has 2 aromatic rings. The van der Waals surface area contributed by atoms with E-state index in [1.165, 1.54) is 0 Å². The number of oxazole rings is 1. The molecule has 1 aromatic carbocycles. The lowest BCUT2D eigenvalue weighted by molar-refractivity contribution is 0.0659. The molecule has 6 heteroatoms. The average molecular weight is 234 g/mol. The van der Waals surface area contributed by atoms with Crippen LogP contribution in [0.2, 0.25) is 0 Å². The second kappa shape index (κ2) is 4.26. The fraction of sp³-hybridized carbons (Fsp3) is 0.0909. The highest BCUT2D eigenvalue weighted by Gasteiger charge is 2.19. The third kappa shape index (κ3) is 2.11. The molecule has 0 aliphatic rings. The monoisotopic (exact) mass is 234 g/mol. The van der Waals surface area contributed by atoms with Crippen LogP contribution in [0.1, 0.15) is 16.1 Å². The number of aromatic hydroxyl groups is 1. The van der Waals surface area contributed by atoms with Gasteiger partial charge in [-0.2, -0.15) is 4.98 Å². The van der Waals surface area contributed by atoms with Crippen molar-refractivity contribution in [2.24, 2.45) is 5.73 Å². The van der Waals surface area contributed by atoms with Crippen LogP contribution < -0.4 is 5.73 Å². The Morgan fingerprint density at radius 3 is 2.47 bits per heavy atom. The zero-order valence-electron chi connectivity index (χ0n) is 8.75. The topological polar surface area (TPSA) is 110 Å². The Kier molecular flexibility index (Phi) is 2.80. The number of rotatable bonds is 3. The highest BCUT2D eigenvalue weighted by atomic mass is 16.4. The van der Waals surface area contributed by atoms with Crippen molar-refractivity contribution in [3.8, 4) is 17.3 Å². The van der Waals surface area contributed by atoms with Crippen molar-refractivity contribution < 1.29 is 19.4 Å².